The summed E-state index contributed by atoms with van der Waals surface area (Å²) in [5, 5.41) is 0. The summed E-state index contributed by atoms with van der Waals surface area (Å²) in [7, 11) is 0. The van der Waals surface area contributed by atoms with E-state index in [0.717, 1.165) is 0 Å². The van der Waals surface area contributed by atoms with Crippen molar-refractivity contribution in [2.24, 2.45) is 0 Å². The fraction of sp³-hybridized carbons (Fsp3) is 0. The molecule has 0 bridgehead atoms. The molecule has 4 nitrogen and oxygen atoms in total. The first kappa shape index (κ1) is 109. The molecule has 48 valence electrons. The molecule has 8 heavy (non-hydrogen) atoms. The molecule has 0 aliphatic rings. The van der Waals surface area contributed by atoms with E-state index in [1.807, 2.05) is 0 Å². The standard InChI is InChI=1S/4Hf.4H3N/h;;;;4*1H3. The van der Waals surface area contributed by atoms with Crippen LogP contribution in [0.3, 0.4) is 0 Å². The molecule has 12 N–H and O–H groups in total. The van der Waals surface area contributed by atoms with Crippen molar-refractivity contribution in [2.45, 2.75) is 0 Å². The molecule has 0 atom stereocenters. The Morgan fingerprint density at radius 1 is 0.250 bits per heavy atom. The maximum Gasteiger partial charge on any atom is 0 e. The van der Waals surface area contributed by atoms with Crippen molar-refractivity contribution < 1.29 is 103 Å². The number of hydrogen-bond acceptors (Lipinski definition) is 4. The molecule has 0 aromatic heterocycles. The van der Waals surface area contributed by atoms with E-state index < -0.39 is 0 Å². The first-order valence-corrected chi connectivity index (χ1v) is 0. The Balaban J connectivity index is 0. The fourth-order valence-electron chi connectivity index (χ4n) is 0. The van der Waals surface area contributed by atoms with Crippen LogP contribution in [-0.4, -0.2) is 0 Å². The van der Waals surface area contributed by atoms with Crippen molar-refractivity contribution in [3.8, 4) is 0 Å². The summed E-state index contributed by atoms with van der Waals surface area (Å²) in [5.41, 5.74) is 0. The summed E-state index contributed by atoms with van der Waals surface area (Å²) < 4.78 is 0. The Bertz CT molecular complexity index is 8.00. The van der Waals surface area contributed by atoms with Crippen LogP contribution >= 0.6 is 0 Å². The van der Waals surface area contributed by atoms with E-state index in [2.05, 4.69) is 0 Å². The van der Waals surface area contributed by atoms with E-state index in [9.17, 15) is 0 Å². The third kappa shape index (κ3) is 58.5. The van der Waals surface area contributed by atoms with Gasteiger partial charge >= 0.3 is 0 Å². The van der Waals surface area contributed by atoms with Gasteiger partial charge in [-0.1, -0.05) is 0 Å². The molecule has 0 aromatic rings. The Kier molecular flexibility index (Phi) is 1110. The normalized spacial score (nSPS) is 0. The van der Waals surface area contributed by atoms with Gasteiger partial charge in [0, 0.05) is 103 Å². The van der Waals surface area contributed by atoms with Crippen LogP contribution in [0.5, 0.6) is 0 Å². The third-order valence-electron chi connectivity index (χ3n) is 0. The van der Waals surface area contributed by atoms with Gasteiger partial charge in [0.1, 0.15) is 0 Å². The summed E-state index contributed by atoms with van der Waals surface area (Å²) in [5.74, 6) is 0. The van der Waals surface area contributed by atoms with E-state index in [0.29, 0.717) is 0 Å². The van der Waals surface area contributed by atoms with Gasteiger partial charge in [0.2, 0.25) is 0 Å². The van der Waals surface area contributed by atoms with Crippen LogP contribution in [0.4, 0.5) is 0 Å². The summed E-state index contributed by atoms with van der Waals surface area (Å²) in [6, 6.07) is 0. The van der Waals surface area contributed by atoms with E-state index in [4.69, 9.17) is 0 Å². The van der Waals surface area contributed by atoms with E-state index in [1.54, 1.807) is 0 Å². The topological polar surface area (TPSA) is 140 Å². The van der Waals surface area contributed by atoms with Crippen molar-refractivity contribution in [1.82, 2.24) is 24.6 Å². The molecule has 0 aliphatic heterocycles. The Hall–Kier alpha value is 3.32. The van der Waals surface area contributed by atoms with Gasteiger partial charge in [-0.25, -0.2) is 0 Å². The van der Waals surface area contributed by atoms with Crippen LogP contribution in [0, 0.1) is 0 Å². The molecule has 0 unspecified atom stereocenters. The summed E-state index contributed by atoms with van der Waals surface area (Å²) in [4.78, 5) is 0. The second kappa shape index (κ2) is 81.3. The molecule has 0 heterocycles. The molecule has 8 heteroatoms. The zero-order chi connectivity index (χ0) is 0. The second-order valence-electron chi connectivity index (χ2n) is 0. The SMILES string of the molecule is N.N.N.N.[Hf].[Hf].[Hf].[Hf]. The molecule has 0 amide bonds. The largest absolute Gasteiger partial charge is 0.344 e. The summed E-state index contributed by atoms with van der Waals surface area (Å²) in [6.07, 6.45) is 0. The van der Waals surface area contributed by atoms with E-state index in [-0.39, 0.29) is 128 Å². The molecule has 0 saturated carbocycles. The Morgan fingerprint density at radius 3 is 0.250 bits per heavy atom. The third-order valence-corrected chi connectivity index (χ3v) is 0. The molecule has 0 aromatic carbocycles. The van der Waals surface area contributed by atoms with Crippen LogP contribution < -0.4 is 24.6 Å². The van der Waals surface area contributed by atoms with Gasteiger partial charge in [-0.2, -0.15) is 0 Å². The molecular weight excluding hydrogens is 770 g/mol. The van der Waals surface area contributed by atoms with Crippen molar-refractivity contribution in [3.63, 3.8) is 0 Å². The smallest absolute Gasteiger partial charge is 0 e. The molecule has 0 fully saturated rings. The van der Waals surface area contributed by atoms with Gasteiger partial charge in [0.05, 0.1) is 0 Å². The molecule has 0 radical (unpaired) electrons. The maximum atomic E-state index is 0. The van der Waals surface area contributed by atoms with Crippen LogP contribution in [-0.2, 0) is 103 Å². The predicted molar refractivity (Wildman–Crippen MR) is 20.1 cm³/mol. The van der Waals surface area contributed by atoms with Gasteiger partial charge < -0.3 is 24.6 Å². The zero-order valence-corrected chi connectivity index (χ0v) is 19.2. The van der Waals surface area contributed by atoms with E-state index in [1.165, 1.54) is 0 Å². The van der Waals surface area contributed by atoms with Crippen LogP contribution in [0.2, 0.25) is 0 Å². The van der Waals surface area contributed by atoms with Crippen LogP contribution in [0.25, 0.3) is 0 Å². The number of hydrogen-bond donors (Lipinski definition) is 4. The molecule has 0 rings (SSSR count). The minimum Gasteiger partial charge on any atom is -0.344 e. The molecular formula is H12Hf4N4. The van der Waals surface area contributed by atoms with Gasteiger partial charge in [0.25, 0.3) is 0 Å². The van der Waals surface area contributed by atoms with Crippen molar-refractivity contribution in [3.05, 3.63) is 0 Å². The quantitative estimate of drug-likeness (QED) is 0.268. The van der Waals surface area contributed by atoms with Gasteiger partial charge in [-0.3, -0.25) is 0 Å². The first-order chi connectivity index (χ1) is 0. The first-order valence-electron chi connectivity index (χ1n) is 0. The van der Waals surface area contributed by atoms with Gasteiger partial charge in [0.15, 0.2) is 0 Å². The second-order valence-corrected chi connectivity index (χ2v) is 0. The average Bonchev–Trinajstić information content (AvgIpc) is 0. The van der Waals surface area contributed by atoms with Crippen LogP contribution in [0.1, 0.15) is 0 Å². The Labute approximate surface area is 126 Å². The monoisotopic (exact) mass is 788 g/mol. The molecule has 0 saturated heterocycles. The van der Waals surface area contributed by atoms with Crippen molar-refractivity contribution in [2.75, 3.05) is 0 Å². The minimum absolute atomic E-state index is 0. The number of rotatable bonds is 0. The van der Waals surface area contributed by atoms with Crippen molar-refractivity contribution >= 4 is 0 Å². The van der Waals surface area contributed by atoms with Crippen LogP contribution in [0.15, 0.2) is 0 Å². The molecule has 0 aliphatic carbocycles. The van der Waals surface area contributed by atoms with Gasteiger partial charge in [-0.05, 0) is 0 Å². The summed E-state index contributed by atoms with van der Waals surface area (Å²) >= 11 is 0. The minimum atomic E-state index is 0. The van der Waals surface area contributed by atoms with Crippen molar-refractivity contribution in [1.29, 1.82) is 0 Å². The zero-order valence-electron chi connectivity index (χ0n) is 4.83. The average molecular weight is 782 g/mol. The summed E-state index contributed by atoms with van der Waals surface area (Å²) in [6.45, 7) is 0. The molecule has 0 spiro atoms. The Morgan fingerprint density at radius 2 is 0.250 bits per heavy atom. The van der Waals surface area contributed by atoms with Gasteiger partial charge in [-0.15, -0.1) is 0 Å². The fourth-order valence-corrected chi connectivity index (χ4v) is 0. The van der Waals surface area contributed by atoms with E-state index >= 15 is 0 Å². The predicted octanol–water partition coefficient (Wildman–Crippen LogP) is 0.638. The maximum absolute atomic E-state index is 0.